The Hall–Kier alpha value is -4.44. The number of H-pyrrole nitrogens is 1. The summed E-state index contributed by atoms with van der Waals surface area (Å²) in [5.41, 5.74) is 6.55. The van der Waals surface area contributed by atoms with Crippen molar-refractivity contribution in [3.05, 3.63) is 99.9 Å². The van der Waals surface area contributed by atoms with E-state index in [1.165, 1.54) is 6.07 Å². The van der Waals surface area contributed by atoms with E-state index in [0.29, 0.717) is 45.9 Å². The quantitative estimate of drug-likeness (QED) is 0.198. The van der Waals surface area contributed by atoms with E-state index < -0.39 is 9.84 Å². The SMILES string of the molecule is Cc1cccc(C)c1CS(=O)(=O)c1ccc2c(c1)/C(=C/c1[nH]c(C)c(C(=O)NCCCn3ccnc3)c1C)C(=O)N2. The van der Waals surface area contributed by atoms with Gasteiger partial charge in [-0.25, -0.2) is 13.4 Å². The predicted octanol–water partition coefficient (Wildman–Crippen LogP) is 4.73. The van der Waals surface area contributed by atoms with Crippen molar-refractivity contribution < 1.29 is 18.0 Å². The van der Waals surface area contributed by atoms with Crippen molar-refractivity contribution in [1.82, 2.24) is 19.9 Å². The molecule has 1 aliphatic rings. The van der Waals surface area contributed by atoms with Crippen LogP contribution in [-0.4, -0.2) is 41.3 Å². The maximum absolute atomic E-state index is 13.4. The van der Waals surface area contributed by atoms with Gasteiger partial charge >= 0.3 is 0 Å². The fourth-order valence-electron chi connectivity index (χ4n) is 5.23. The van der Waals surface area contributed by atoms with Crippen LogP contribution in [-0.2, 0) is 26.9 Å². The number of fused-ring (bicyclic) bond motifs is 1. The van der Waals surface area contributed by atoms with Crippen molar-refractivity contribution in [2.45, 2.75) is 51.3 Å². The molecule has 10 heteroatoms. The van der Waals surface area contributed by atoms with Gasteiger partial charge in [-0.3, -0.25) is 9.59 Å². The number of aryl methyl sites for hydroxylation is 4. The standard InChI is InChI=1S/C31H33N5O4S/c1-19-7-5-8-20(2)26(19)17-41(39,40)23-9-10-27-24(15-23)25(30(37)35-27)16-28-21(3)29(22(4)34-28)31(38)33-11-6-13-36-14-12-32-18-36/h5,7-10,12,14-16,18,34H,6,11,13,17H2,1-4H3,(H,33,38)(H,35,37)/b25-16-. The fourth-order valence-corrected chi connectivity index (χ4v) is 6.80. The minimum Gasteiger partial charge on any atom is -0.358 e. The molecule has 3 heterocycles. The highest BCUT2D eigenvalue weighted by molar-refractivity contribution is 7.90. The molecule has 5 rings (SSSR count). The van der Waals surface area contributed by atoms with Gasteiger partial charge in [0.1, 0.15) is 0 Å². The van der Waals surface area contributed by atoms with Crippen LogP contribution < -0.4 is 10.6 Å². The zero-order valence-electron chi connectivity index (χ0n) is 23.5. The van der Waals surface area contributed by atoms with E-state index in [4.69, 9.17) is 0 Å². The summed E-state index contributed by atoms with van der Waals surface area (Å²) in [6, 6.07) is 10.4. The molecule has 2 amide bonds. The summed E-state index contributed by atoms with van der Waals surface area (Å²) in [6.07, 6.45) is 7.77. The number of aromatic amines is 1. The number of amides is 2. The molecule has 3 N–H and O–H groups in total. The van der Waals surface area contributed by atoms with Crippen molar-refractivity contribution >= 4 is 39.0 Å². The Morgan fingerprint density at radius 1 is 1.10 bits per heavy atom. The van der Waals surface area contributed by atoms with Gasteiger partial charge in [-0.05, 0) is 80.6 Å². The third kappa shape index (κ3) is 5.74. The average Bonchev–Trinajstić information content (AvgIpc) is 3.62. The van der Waals surface area contributed by atoms with E-state index in [1.807, 2.05) is 56.7 Å². The molecule has 41 heavy (non-hydrogen) atoms. The Morgan fingerprint density at radius 2 is 1.85 bits per heavy atom. The van der Waals surface area contributed by atoms with Crippen LogP contribution in [0, 0.1) is 27.7 Å². The van der Waals surface area contributed by atoms with Crippen LogP contribution in [0.4, 0.5) is 5.69 Å². The number of carbonyl (C=O) groups excluding carboxylic acids is 2. The summed E-state index contributed by atoms with van der Waals surface area (Å²) >= 11 is 0. The minimum absolute atomic E-state index is 0.125. The molecule has 212 valence electrons. The Bertz CT molecular complexity index is 1760. The highest BCUT2D eigenvalue weighted by Crippen LogP contribution is 2.36. The molecule has 2 aromatic carbocycles. The molecule has 0 atom stereocenters. The van der Waals surface area contributed by atoms with Gasteiger partial charge in [-0.15, -0.1) is 0 Å². The van der Waals surface area contributed by atoms with Gasteiger partial charge in [0.05, 0.1) is 28.1 Å². The van der Waals surface area contributed by atoms with Crippen LogP contribution >= 0.6 is 0 Å². The number of hydrogen-bond donors (Lipinski definition) is 3. The number of aromatic nitrogens is 3. The molecular weight excluding hydrogens is 538 g/mol. The number of hydrogen-bond acceptors (Lipinski definition) is 5. The van der Waals surface area contributed by atoms with Crippen molar-refractivity contribution in [1.29, 1.82) is 0 Å². The smallest absolute Gasteiger partial charge is 0.256 e. The van der Waals surface area contributed by atoms with E-state index in [2.05, 4.69) is 20.6 Å². The molecule has 0 saturated heterocycles. The number of rotatable bonds is 9. The first-order valence-corrected chi connectivity index (χ1v) is 15.1. The van der Waals surface area contributed by atoms with Crippen molar-refractivity contribution in [2.24, 2.45) is 0 Å². The van der Waals surface area contributed by atoms with E-state index in [1.54, 1.807) is 30.7 Å². The van der Waals surface area contributed by atoms with Crippen molar-refractivity contribution in [2.75, 3.05) is 11.9 Å². The van der Waals surface area contributed by atoms with Crippen LogP contribution in [0.3, 0.4) is 0 Å². The predicted molar refractivity (Wildman–Crippen MR) is 159 cm³/mol. The summed E-state index contributed by atoms with van der Waals surface area (Å²) in [5.74, 6) is -0.649. The first kappa shape index (κ1) is 28.1. The second-order valence-electron chi connectivity index (χ2n) is 10.4. The van der Waals surface area contributed by atoms with Gasteiger partial charge in [0.2, 0.25) is 0 Å². The summed E-state index contributed by atoms with van der Waals surface area (Å²) < 4.78 is 28.8. The lowest BCUT2D eigenvalue weighted by Gasteiger charge is -2.11. The monoisotopic (exact) mass is 571 g/mol. The largest absolute Gasteiger partial charge is 0.358 e. The summed E-state index contributed by atoms with van der Waals surface area (Å²) in [5, 5.41) is 5.79. The molecule has 0 spiro atoms. The van der Waals surface area contributed by atoms with Gasteiger partial charge in [-0.2, -0.15) is 0 Å². The van der Waals surface area contributed by atoms with Crippen LogP contribution in [0.15, 0.2) is 60.0 Å². The van der Waals surface area contributed by atoms with Crippen LogP contribution in [0.1, 0.15) is 56.0 Å². The van der Waals surface area contributed by atoms with E-state index >= 15 is 0 Å². The number of anilines is 1. The highest BCUT2D eigenvalue weighted by atomic mass is 32.2. The highest BCUT2D eigenvalue weighted by Gasteiger charge is 2.28. The lowest BCUT2D eigenvalue weighted by atomic mass is 10.0. The normalized spacial score (nSPS) is 13.9. The Kier molecular flexibility index (Phi) is 7.68. The molecule has 0 bridgehead atoms. The molecule has 4 aromatic rings. The fraction of sp³-hybridized carbons (Fsp3) is 0.258. The second kappa shape index (κ2) is 11.2. The van der Waals surface area contributed by atoms with E-state index in [9.17, 15) is 18.0 Å². The Morgan fingerprint density at radius 3 is 2.56 bits per heavy atom. The summed E-state index contributed by atoms with van der Waals surface area (Å²) in [6.45, 7) is 8.71. The lowest BCUT2D eigenvalue weighted by Crippen LogP contribution is -2.26. The van der Waals surface area contributed by atoms with Crippen molar-refractivity contribution in [3.8, 4) is 0 Å². The van der Waals surface area contributed by atoms with Crippen LogP contribution in [0.2, 0.25) is 0 Å². The maximum atomic E-state index is 13.4. The van der Waals surface area contributed by atoms with Gasteiger partial charge in [0, 0.05) is 48.1 Å². The zero-order chi connectivity index (χ0) is 29.3. The summed E-state index contributed by atoms with van der Waals surface area (Å²) in [7, 11) is -3.67. The minimum atomic E-state index is -3.67. The molecule has 2 aromatic heterocycles. The molecule has 0 aliphatic carbocycles. The number of benzene rings is 2. The second-order valence-corrected chi connectivity index (χ2v) is 12.4. The third-order valence-electron chi connectivity index (χ3n) is 7.54. The first-order chi connectivity index (χ1) is 19.5. The van der Waals surface area contributed by atoms with Gasteiger partial charge in [0.15, 0.2) is 9.84 Å². The zero-order valence-corrected chi connectivity index (χ0v) is 24.4. The molecule has 0 unspecified atom stereocenters. The molecule has 0 saturated carbocycles. The number of carbonyl (C=O) groups is 2. The van der Waals surface area contributed by atoms with Gasteiger partial charge < -0.3 is 20.2 Å². The third-order valence-corrected chi connectivity index (χ3v) is 9.18. The molecular formula is C31H33N5O4S. The van der Waals surface area contributed by atoms with E-state index in [-0.39, 0.29) is 22.5 Å². The Balaban J connectivity index is 1.39. The topological polar surface area (TPSA) is 126 Å². The lowest BCUT2D eigenvalue weighted by molar-refractivity contribution is -0.110. The van der Waals surface area contributed by atoms with Gasteiger partial charge in [0.25, 0.3) is 11.8 Å². The van der Waals surface area contributed by atoms with Gasteiger partial charge in [-0.1, -0.05) is 18.2 Å². The number of sulfone groups is 1. The average molecular weight is 572 g/mol. The van der Waals surface area contributed by atoms with Crippen LogP contribution in [0.5, 0.6) is 0 Å². The first-order valence-electron chi connectivity index (χ1n) is 13.4. The maximum Gasteiger partial charge on any atom is 0.256 e. The van der Waals surface area contributed by atoms with Crippen LogP contribution in [0.25, 0.3) is 11.6 Å². The molecule has 9 nitrogen and oxygen atoms in total. The number of nitrogens with one attached hydrogen (secondary N) is 3. The number of imidazole rings is 1. The van der Waals surface area contributed by atoms with E-state index in [0.717, 1.165) is 29.7 Å². The van der Waals surface area contributed by atoms with Crippen molar-refractivity contribution in [3.63, 3.8) is 0 Å². The molecule has 0 radical (unpaired) electrons. The molecule has 0 fully saturated rings. The number of nitrogens with zero attached hydrogens (tertiary/aromatic N) is 2. The molecule has 1 aliphatic heterocycles. The summed E-state index contributed by atoms with van der Waals surface area (Å²) in [4.78, 5) is 33.3. The Labute approximate surface area is 239 Å².